The molecule has 5 heteroatoms. The first-order chi connectivity index (χ1) is 9.69. The van der Waals surface area contributed by atoms with Crippen LogP contribution in [0.2, 0.25) is 0 Å². The van der Waals surface area contributed by atoms with Gasteiger partial charge in [-0.15, -0.1) is 0 Å². The minimum atomic E-state index is -0.316. The summed E-state index contributed by atoms with van der Waals surface area (Å²) in [5.74, 6) is -0.316. The zero-order chi connectivity index (χ0) is 14.5. The number of aromatic nitrogens is 3. The summed E-state index contributed by atoms with van der Waals surface area (Å²) in [5, 5.41) is 7.95. The van der Waals surface area contributed by atoms with Crippen LogP contribution in [0.5, 0.6) is 0 Å². The second-order valence-corrected chi connectivity index (χ2v) is 4.66. The molecule has 1 unspecified atom stereocenters. The van der Waals surface area contributed by atoms with Crippen molar-refractivity contribution in [3.05, 3.63) is 47.3 Å². The maximum absolute atomic E-state index is 13.4. The quantitative estimate of drug-likeness (QED) is 0.882. The molecule has 0 radical (unpaired) electrons. The van der Waals surface area contributed by atoms with Crippen LogP contribution < -0.4 is 5.32 Å². The molecule has 108 valence electrons. The van der Waals surface area contributed by atoms with Gasteiger partial charge >= 0.3 is 0 Å². The van der Waals surface area contributed by atoms with Gasteiger partial charge in [-0.25, -0.2) is 4.39 Å². The first kappa shape index (κ1) is 14.7. The summed E-state index contributed by atoms with van der Waals surface area (Å²) in [4.78, 5) is 3.95. The van der Waals surface area contributed by atoms with Crippen molar-refractivity contribution >= 4 is 0 Å². The summed E-state index contributed by atoms with van der Waals surface area (Å²) < 4.78 is 15.4. The largest absolute Gasteiger partial charge is 0.305 e. The summed E-state index contributed by atoms with van der Waals surface area (Å²) >= 11 is 0. The van der Waals surface area contributed by atoms with E-state index in [4.69, 9.17) is 0 Å². The Bertz CT molecular complexity index is 565. The van der Waals surface area contributed by atoms with E-state index in [1.54, 1.807) is 6.20 Å². The smallest absolute Gasteiger partial charge is 0.141 e. The molecule has 0 spiro atoms. The van der Waals surface area contributed by atoms with Crippen molar-refractivity contribution in [2.75, 3.05) is 6.54 Å². The molecule has 0 fully saturated rings. The average Bonchev–Trinajstić information content (AvgIpc) is 2.87. The second kappa shape index (κ2) is 6.61. The molecular weight excluding hydrogens is 255 g/mol. The van der Waals surface area contributed by atoms with Crippen molar-refractivity contribution < 1.29 is 4.39 Å². The summed E-state index contributed by atoms with van der Waals surface area (Å²) in [6, 6.07) is 3.52. The van der Waals surface area contributed by atoms with Gasteiger partial charge < -0.3 is 5.32 Å². The highest BCUT2D eigenvalue weighted by atomic mass is 19.1. The molecule has 0 saturated carbocycles. The number of hydrogen-bond donors (Lipinski definition) is 1. The van der Waals surface area contributed by atoms with E-state index in [1.165, 1.54) is 12.3 Å². The molecule has 0 aliphatic heterocycles. The third-order valence-electron chi connectivity index (χ3n) is 3.29. The molecule has 1 N–H and O–H groups in total. The van der Waals surface area contributed by atoms with Gasteiger partial charge in [-0.05, 0) is 37.6 Å². The fourth-order valence-electron chi connectivity index (χ4n) is 2.33. The van der Waals surface area contributed by atoms with Gasteiger partial charge in [0, 0.05) is 12.7 Å². The zero-order valence-electron chi connectivity index (χ0n) is 12.2. The molecule has 2 aromatic heterocycles. The van der Waals surface area contributed by atoms with E-state index in [2.05, 4.69) is 35.3 Å². The number of nitrogens with one attached hydrogen (secondary N) is 1. The molecule has 2 rings (SSSR count). The lowest BCUT2D eigenvalue weighted by molar-refractivity contribution is 0.534. The molecule has 1 atom stereocenters. The average molecular weight is 276 g/mol. The van der Waals surface area contributed by atoms with Crippen LogP contribution in [0.4, 0.5) is 4.39 Å². The minimum absolute atomic E-state index is 0.0871. The second-order valence-electron chi connectivity index (χ2n) is 4.66. The molecule has 0 bridgehead atoms. The molecule has 0 saturated heterocycles. The first-order valence-electron chi connectivity index (χ1n) is 7.10. The highest BCUT2D eigenvalue weighted by Gasteiger charge is 2.19. The highest BCUT2D eigenvalue weighted by molar-refractivity contribution is 5.27. The van der Waals surface area contributed by atoms with Crippen LogP contribution in [-0.2, 0) is 13.0 Å². The van der Waals surface area contributed by atoms with E-state index in [-0.39, 0.29) is 11.9 Å². The maximum atomic E-state index is 13.4. The Balaban J connectivity index is 2.45. The Morgan fingerprint density at radius 2 is 2.05 bits per heavy atom. The lowest BCUT2D eigenvalue weighted by Gasteiger charge is -2.19. The lowest BCUT2D eigenvalue weighted by atomic mass is 10.0. The van der Waals surface area contributed by atoms with E-state index in [0.29, 0.717) is 0 Å². The van der Waals surface area contributed by atoms with Crippen molar-refractivity contribution in [2.24, 2.45) is 0 Å². The lowest BCUT2D eigenvalue weighted by Crippen LogP contribution is -2.25. The van der Waals surface area contributed by atoms with Crippen molar-refractivity contribution in [3.8, 4) is 0 Å². The summed E-state index contributed by atoms with van der Waals surface area (Å²) in [6.45, 7) is 7.76. The van der Waals surface area contributed by atoms with Gasteiger partial charge in [0.2, 0.25) is 0 Å². The fourth-order valence-corrected chi connectivity index (χ4v) is 2.33. The van der Waals surface area contributed by atoms with Gasteiger partial charge in [0.15, 0.2) is 0 Å². The van der Waals surface area contributed by atoms with Gasteiger partial charge in [-0.1, -0.05) is 13.8 Å². The number of hydrogen-bond acceptors (Lipinski definition) is 3. The highest BCUT2D eigenvalue weighted by Crippen LogP contribution is 2.23. The number of aryl methyl sites for hydroxylation is 2. The summed E-state index contributed by atoms with van der Waals surface area (Å²) in [6.07, 6.45) is 3.82. The molecule has 0 aliphatic carbocycles. The van der Waals surface area contributed by atoms with E-state index >= 15 is 0 Å². The Morgan fingerprint density at radius 1 is 1.25 bits per heavy atom. The predicted octanol–water partition coefficient (Wildman–Crippen LogP) is 2.70. The third kappa shape index (κ3) is 3.04. The number of rotatable bonds is 6. The molecule has 2 heterocycles. The summed E-state index contributed by atoms with van der Waals surface area (Å²) in [7, 11) is 0. The van der Waals surface area contributed by atoms with Gasteiger partial charge in [0.05, 0.1) is 23.6 Å². The molecule has 20 heavy (non-hydrogen) atoms. The third-order valence-corrected chi connectivity index (χ3v) is 3.29. The Kier molecular flexibility index (Phi) is 4.84. The fraction of sp³-hybridized carbons (Fsp3) is 0.467. The van der Waals surface area contributed by atoms with Gasteiger partial charge in [0.1, 0.15) is 5.82 Å². The molecule has 0 aliphatic rings. The minimum Gasteiger partial charge on any atom is -0.305 e. The van der Waals surface area contributed by atoms with Crippen LogP contribution in [0, 0.1) is 5.82 Å². The zero-order valence-corrected chi connectivity index (χ0v) is 12.2. The molecule has 0 aromatic carbocycles. The first-order valence-corrected chi connectivity index (χ1v) is 7.10. The van der Waals surface area contributed by atoms with Crippen LogP contribution in [0.3, 0.4) is 0 Å². The van der Waals surface area contributed by atoms with E-state index in [0.717, 1.165) is 36.5 Å². The van der Waals surface area contributed by atoms with Crippen LogP contribution in [0.15, 0.2) is 24.5 Å². The van der Waals surface area contributed by atoms with Gasteiger partial charge in [-0.3, -0.25) is 9.67 Å². The number of halogens is 1. The molecule has 0 amide bonds. The van der Waals surface area contributed by atoms with Crippen molar-refractivity contribution in [2.45, 2.75) is 39.8 Å². The predicted molar refractivity (Wildman–Crippen MR) is 77.0 cm³/mol. The Hall–Kier alpha value is -1.75. The topological polar surface area (TPSA) is 42.7 Å². The summed E-state index contributed by atoms with van der Waals surface area (Å²) in [5.41, 5.74) is 2.93. The van der Waals surface area contributed by atoms with Crippen molar-refractivity contribution in [1.29, 1.82) is 0 Å². The van der Waals surface area contributed by atoms with Crippen LogP contribution in [-0.4, -0.2) is 21.3 Å². The maximum Gasteiger partial charge on any atom is 0.141 e. The molecular formula is C15H21FN4. The number of pyridine rings is 1. The van der Waals surface area contributed by atoms with Crippen LogP contribution in [0.1, 0.15) is 43.8 Å². The van der Waals surface area contributed by atoms with Crippen LogP contribution in [0.25, 0.3) is 0 Å². The monoisotopic (exact) mass is 276 g/mol. The Morgan fingerprint density at radius 3 is 2.65 bits per heavy atom. The van der Waals surface area contributed by atoms with E-state index in [9.17, 15) is 4.39 Å². The van der Waals surface area contributed by atoms with Crippen molar-refractivity contribution in [3.63, 3.8) is 0 Å². The Labute approximate surface area is 119 Å². The van der Waals surface area contributed by atoms with Crippen LogP contribution >= 0.6 is 0 Å². The van der Waals surface area contributed by atoms with Gasteiger partial charge in [-0.2, -0.15) is 5.10 Å². The van der Waals surface area contributed by atoms with Crippen molar-refractivity contribution in [1.82, 2.24) is 20.1 Å². The standard InChI is InChI=1S/C15H21FN4/c1-4-13-8-14(20(6-3)19-13)15(18-5-2)11-7-12(16)10-17-9-11/h7-10,15,18H,4-6H2,1-3H3. The molecule has 4 nitrogen and oxygen atoms in total. The van der Waals surface area contributed by atoms with E-state index < -0.39 is 0 Å². The molecule has 2 aromatic rings. The van der Waals surface area contributed by atoms with Gasteiger partial charge in [0.25, 0.3) is 0 Å². The number of nitrogens with zero attached hydrogens (tertiary/aromatic N) is 3. The SMILES string of the molecule is CCNC(c1cncc(F)c1)c1cc(CC)nn1CC. The van der Waals surface area contributed by atoms with E-state index in [1.807, 2.05) is 11.6 Å². The normalized spacial score (nSPS) is 12.6.